The average molecular weight is 577 g/mol. The first-order chi connectivity index (χ1) is 18.5. The molecule has 0 N–H and O–H groups in total. The molecule has 1 heterocycles. The molecule has 0 aliphatic carbocycles. The minimum absolute atomic E-state index is 0.0139. The molecule has 0 amide bonds. The first kappa shape index (κ1) is 28.8. The quantitative estimate of drug-likeness (QED) is 0.226. The minimum atomic E-state index is -5.12. The van der Waals surface area contributed by atoms with Crippen molar-refractivity contribution < 1.29 is 43.9 Å². The Balaban J connectivity index is 1.85. The van der Waals surface area contributed by atoms with Crippen LogP contribution in [0.1, 0.15) is 27.8 Å². The van der Waals surface area contributed by atoms with Gasteiger partial charge >= 0.3 is 18.5 Å². The fraction of sp³-hybridized carbons (Fsp3) is 0.240. The van der Waals surface area contributed by atoms with Crippen LogP contribution in [0, 0.1) is 5.82 Å². The molecule has 0 bridgehead atoms. The molecule has 0 unspecified atom stereocenters. The number of nitrogens with zero attached hydrogens (tertiary/aromatic N) is 5. The Morgan fingerprint density at radius 3 is 1.82 bits per heavy atom. The maximum Gasteiger partial charge on any atom is 0.416 e. The summed E-state index contributed by atoms with van der Waals surface area (Å²) in [6, 6.07) is 8.63. The number of aryl methyl sites for hydroxylation is 1. The zero-order valence-electron chi connectivity index (χ0n) is 20.2. The Labute approximate surface area is 219 Å². The maximum absolute atomic E-state index is 14.6. The van der Waals surface area contributed by atoms with Gasteiger partial charge in [0.25, 0.3) is 5.95 Å². The predicted octanol–water partition coefficient (Wildman–Crippen LogP) is 7.28. The van der Waals surface area contributed by atoms with Crippen molar-refractivity contribution in [2.45, 2.75) is 31.6 Å². The molecule has 3 aromatic carbocycles. The Hall–Kier alpha value is -4.17. The van der Waals surface area contributed by atoms with Gasteiger partial charge in [-0.05, 0) is 58.3 Å². The van der Waals surface area contributed by atoms with E-state index in [1.165, 1.54) is 25.2 Å². The van der Waals surface area contributed by atoms with E-state index in [0.29, 0.717) is 12.1 Å². The third-order valence-corrected chi connectivity index (χ3v) is 5.76. The lowest BCUT2D eigenvalue weighted by Gasteiger charge is -2.24. The van der Waals surface area contributed by atoms with E-state index in [0.717, 1.165) is 34.0 Å². The van der Waals surface area contributed by atoms with Crippen molar-refractivity contribution in [1.82, 2.24) is 20.2 Å². The summed E-state index contributed by atoms with van der Waals surface area (Å²) >= 11 is 0. The van der Waals surface area contributed by atoms with Gasteiger partial charge < -0.3 is 4.90 Å². The van der Waals surface area contributed by atoms with Gasteiger partial charge in [-0.2, -0.15) is 44.3 Å². The van der Waals surface area contributed by atoms with Crippen LogP contribution in [0.5, 0.6) is 0 Å². The molecule has 0 fully saturated rings. The summed E-state index contributed by atoms with van der Waals surface area (Å²) in [6.07, 6.45) is -15.0. The van der Waals surface area contributed by atoms with E-state index in [1.807, 2.05) is 0 Å². The second-order valence-electron chi connectivity index (χ2n) is 8.70. The number of rotatable bonds is 6. The van der Waals surface area contributed by atoms with Gasteiger partial charge in [0.05, 0.1) is 23.7 Å². The van der Waals surface area contributed by atoms with E-state index >= 15 is 0 Å². The molecule has 0 radical (unpaired) electrons. The molecule has 40 heavy (non-hydrogen) atoms. The lowest BCUT2D eigenvalue weighted by atomic mass is 9.96. The van der Waals surface area contributed by atoms with Gasteiger partial charge in [0.2, 0.25) is 0 Å². The molecular formula is C25H17F10N5. The van der Waals surface area contributed by atoms with Crippen LogP contribution in [0.15, 0.2) is 60.7 Å². The van der Waals surface area contributed by atoms with Crippen molar-refractivity contribution in [1.29, 1.82) is 0 Å². The molecule has 0 saturated carbocycles. The summed E-state index contributed by atoms with van der Waals surface area (Å²) in [4.78, 5) is 1.99. The average Bonchev–Trinajstić information content (AvgIpc) is 3.28. The van der Waals surface area contributed by atoms with Crippen molar-refractivity contribution >= 4 is 5.95 Å². The maximum atomic E-state index is 14.6. The smallest absolute Gasteiger partial charge is 0.330 e. The number of hydrogen-bond acceptors (Lipinski definition) is 4. The SMILES string of the molecule is Cn1nnc(N(Cc2cc(C(F)(F)F)cc(C(F)(F)F)c2)Cc2cc(C(F)(F)F)ccc2-c2ccccc2F)n1. The first-order valence-electron chi connectivity index (χ1n) is 11.2. The molecule has 4 aromatic rings. The second kappa shape index (κ2) is 10.4. The monoisotopic (exact) mass is 577 g/mol. The van der Waals surface area contributed by atoms with E-state index in [4.69, 9.17) is 0 Å². The number of anilines is 1. The molecule has 0 saturated heterocycles. The molecule has 212 valence electrons. The third-order valence-electron chi connectivity index (χ3n) is 5.76. The van der Waals surface area contributed by atoms with E-state index in [-0.39, 0.29) is 28.7 Å². The fourth-order valence-electron chi connectivity index (χ4n) is 3.98. The number of tetrazole rings is 1. The van der Waals surface area contributed by atoms with E-state index < -0.39 is 59.7 Å². The number of alkyl halides is 9. The van der Waals surface area contributed by atoms with Gasteiger partial charge in [-0.3, -0.25) is 0 Å². The first-order valence-corrected chi connectivity index (χ1v) is 11.2. The Morgan fingerprint density at radius 2 is 1.30 bits per heavy atom. The number of aromatic nitrogens is 4. The summed E-state index contributed by atoms with van der Waals surface area (Å²) in [6.45, 7) is -1.25. The van der Waals surface area contributed by atoms with Gasteiger partial charge in [0, 0.05) is 18.7 Å². The lowest BCUT2D eigenvalue weighted by molar-refractivity contribution is -0.143. The molecule has 4 rings (SSSR count). The highest BCUT2D eigenvalue weighted by Crippen LogP contribution is 2.38. The van der Waals surface area contributed by atoms with Crippen LogP contribution in [0.4, 0.5) is 49.9 Å². The van der Waals surface area contributed by atoms with Gasteiger partial charge in [-0.15, -0.1) is 5.10 Å². The van der Waals surface area contributed by atoms with Crippen LogP contribution in [0.2, 0.25) is 0 Å². The third kappa shape index (κ3) is 6.51. The van der Waals surface area contributed by atoms with Crippen LogP contribution in [-0.2, 0) is 38.7 Å². The highest BCUT2D eigenvalue weighted by atomic mass is 19.4. The van der Waals surface area contributed by atoms with Gasteiger partial charge in [-0.25, -0.2) is 4.39 Å². The van der Waals surface area contributed by atoms with Gasteiger partial charge in [0.1, 0.15) is 5.82 Å². The number of hydrogen-bond donors (Lipinski definition) is 0. The molecule has 1 aromatic heterocycles. The molecule has 0 aliphatic rings. The van der Waals surface area contributed by atoms with Crippen molar-refractivity contribution in [3.63, 3.8) is 0 Å². The van der Waals surface area contributed by atoms with Gasteiger partial charge in [0.15, 0.2) is 0 Å². The molecule has 0 atom stereocenters. The Bertz CT molecular complexity index is 1470. The molecule has 0 aliphatic heterocycles. The molecule has 15 heteroatoms. The van der Waals surface area contributed by atoms with Crippen LogP contribution >= 0.6 is 0 Å². The van der Waals surface area contributed by atoms with Crippen LogP contribution in [-0.4, -0.2) is 20.2 Å². The fourth-order valence-corrected chi connectivity index (χ4v) is 3.98. The summed E-state index contributed by atoms with van der Waals surface area (Å²) < 4.78 is 136. The van der Waals surface area contributed by atoms with E-state index in [2.05, 4.69) is 15.4 Å². The van der Waals surface area contributed by atoms with Crippen molar-refractivity contribution in [3.8, 4) is 11.1 Å². The number of halogens is 10. The minimum Gasteiger partial charge on any atom is -0.330 e. The van der Waals surface area contributed by atoms with E-state index in [9.17, 15) is 43.9 Å². The molecule has 5 nitrogen and oxygen atoms in total. The highest BCUT2D eigenvalue weighted by molar-refractivity contribution is 5.69. The summed E-state index contributed by atoms with van der Waals surface area (Å²) in [5.41, 5.74) is -4.93. The van der Waals surface area contributed by atoms with Gasteiger partial charge in [-0.1, -0.05) is 29.4 Å². The van der Waals surface area contributed by atoms with Crippen molar-refractivity contribution in [3.05, 3.63) is 94.3 Å². The van der Waals surface area contributed by atoms with Crippen LogP contribution < -0.4 is 4.90 Å². The predicted molar refractivity (Wildman–Crippen MR) is 122 cm³/mol. The summed E-state index contributed by atoms with van der Waals surface area (Å²) in [5, 5.41) is 11.2. The number of benzene rings is 3. The highest BCUT2D eigenvalue weighted by Gasteiger charge is 2.37. The standard InChI is InChI=1S/C25H17F10N5/c1-39-37-22(36-38-39)40(12-14-8-17(24(30,31)32)11-18(9-14)25(33,34)35)13-15-10-16(23(27,28)29)6-7-19(15)20-4-2-3-5-21(20)26/h2-11H,12-13H2,1H3. The van der Waals surface area contributed by atoms with Crippen molar-refractivity contribution in [2.24, 2.45) is 7.05 Å². The largest absolute Gasteiger partial charge is 0.416 e. The Morgan fingerprint density at radius 1 is 0.700 bits per heavy atom. The second-order valence-corrected chi connectivity index (χ2v) is 8.70. The zero-order chi connectivity index (χ0) is 29.5. The van der Waals surface area contributed by atoms with Crippen molar-refractivity contribution in [2.75, 3.05) is 4.90 Å². The van der Waals surface area contributed by atoms with Crippen LogP contribution in [0.3, 0.4) is 0 Å². The normalized spacial score (nSPS) is 12.6. The Kier molecular flexibility index (Phi) is 7.51. The van der Waals surface area contributed by atoms with Crippen LogP contribution in [0.25, 0.3) is 11.1 Å². The lowest BCUT2D eigenvalue weighted by Crippen LogP contribution is -2.25. The zero-order valence-corrected chi connectivity index (χ0v) is 20.2. The molecular weight excluding hydrogens is 560 g/mol. The molecule has 0 spiro atoms. The summed E-state index contributed by atoms with van der Waals surface area (Å²) in [7, 11) is 1.33. The topological polar surface area (TPSA) is 46.8 Å². The summed E-state index contributed by atoms with van der Waals surface area (Å²) in [5.74, 6) is -1.06. The van der Waals surface area contributed by atoms with E-state index in [1.54, 1.807) is 0 Å².